The van der Waals surface area contributed by atoms with Gasteiger partial charge in [-0.3, -0.25) is 4.79 Å². The van der Waals surface area contributed by atoms with Crippen molar-refractivity contribution in [1.29, 1.82) is 0 Å². The lowest BCUT2D eigenvalue weighted by molar-refractivity contribution is 0.0906. The first-order chi connectivity index (χ1) is 8.27. The molecule has 0 saturated carbocycles. The van der Waals surface area contributed by atoms with Crippen LogP contribution in [0.5, 0.6) is 0 Å². The largest absolute Gasteiger partial charge is 0.378 e. The molecule has 1 saturated heterocycles. The van der Waals surface area contributed by atoms with Gasteiger partial charge in [0.2, 0.25) is 0 Å². The van der Waals surface area contributed by atoms with Crippen molar-refractivity contribution in [3.8, 4) is 0 Å². The summed E-state index contributed by atoms with van der Waals surface area (Å²) in [6.07, 6.45) is 5.12. The van der Waals surface area contributed by atoms with E-state index in [0.717, 1.165) is 25.9 Å². The second-order valence-electron chi connectivity index (χ2n) is 4.09. The van der Waals surface area contributed by atoms with Gasteiger partial charge in [0.1, 0.15) is 4.64 Å². The van der Waals surface area contributed by atoms with Crippen LogP contribution in [-0.2, 0) is 4.74 Å². The minimum Gasteiger partial charge on any atom is -0.378 e. The third kappa shape index (κ3) is 3.38. The lowest BCUT2D eigenvalue weighted by Crippen LogP contribution is -2.27. The van der Waals surface area contributed by atoms with Crippen LogP contribution in [0.2, 0.25) is 0 Å². The average Bonchev–Trinajstić information content (AvgIpc) is 2.82. The second-order valence-corrected chi connectivity index (χ2v) is 4.50. The molecule has 2 rings (SSSR count). The lowest BCUT2D eigenvalue weighted by atomic mass is 10.2. The number of aromatic amines is 1. The summed E-state index contributed by atoms with van der Waals surface area (Å²) >= 11 is 5.04. The predicted octanol–water partition coefficient (Wildman–Crippen LogP) is 2.04. The van der Waals surface area contributed by atoms with Crippen LogP contribution in [0.25, 0.3) is 0 Å². The molecule has 2 heterocycles. The van der Waals surface area contributed by atoms with Gasteiger partial charge >= 0.3 is 0 Å². The Morgan fingerprint density at radius 2 is 2.53 bits per heavy atom. The van der Waals surface area contributed by atoms with Gasteiger partial charge < -0.3 is 15.0 Å². The Kier molecular flexibility index (Phi) is 4.28. The summed E-state index contributed by atoms with van der Waals surface area (Å²) in [5, 5.41) is 2.86. The fourth-order valence-corrected chi connectivity index (χ4v) is 2.14. The van der Waals surface area contributed by atoms with Gasteiger partial charge in [-0.15, -0.1) is 0 Å². The summed E-state index contributed by atoms with van der Waals surface area (Å²) in [5.41, 5.74) is 0.523. The molecule has 1 atom stereocenters. The maximum Gasteiger partial charge on any atom is 0.254 e. The van der Waals surface area contributed by atoms with Gasteiger partial charge in [-0.2, -0.15) is 0 Å². The molecule has 0 radical (unpaired) electrons. The number of carbonyl (C=O) groups is 1. The summed E-state index contributed by atoms with van der Waals surface area (Å²) in [5.74, 6) is -0.121. The van der Waals surface area contributed by atoms with E-state index < -0.39 is 0 Å². The molecule has 0 aliphatic carbocycles. The van der Waals surface area contributed by atoms with Crippen LogP contribution in [-0.4, -0.2) is 30.1 Å². The van der Waals surface area contributed by atoms with Crippen molar-refractivity contribution in [3.05, 3.63) is 28.5 Å². The Hall–Kier alpha value is -1.20. The number of H-pyrrole nitrogens is 1. The van der Waals surface area contributed by atoms with Gasteiger partial charge in [-0.25, -0.2) is 0 Å². The van der Waals surface area contributed by atoms with Crippen molar-refractivity contribution in [2.45, 2.75) is 25.4 Å². The Morgan fingerprint density at radius 1 is 1.65 bits per heavy atom. The van der Waals surface area contributed by atoms with E-state index >= 15 is 0 Å². The Labute approximate surface area is 105 Å². The van der Waals surface area contributed by atoms with Crippen LogP contribution in [0.1, 0.15) is 29.6 Å². The van der Waals surface area contributed by atoms with Crippen LogP contribution in [0.3, 0.4) is 0 Å². The number of aromatic nitrogens is 1. The first-order valence-electron chi connectivity index (χ1n) is 5.85. The minimum atomic E-state index is -0.121. The molecular weight excluding hydrogens is 236 g/mol. The monoisotopic (exact) mass is 252 g/mol. The van der Waals surface area contributed by atoms with Crippen LogP contribution in [0.4, 0.5) is 0 Å². The van der Waals surface area contributed by atoms with E-state index in [1.54, 1.807) is 18.3 Å². The molecule has 1 aliphatic rings. The number of ether oxygens (including phenoxy) is 1. The summed E-state index contributed by atoms with van der Waals surface area (Å²) < 4.78 is 5.96. The molecule has 0 spiro atoms. The van der Waals surface area contributed by atoms with Gasteiger partial charge in [-0.05, 0) is 31.4 Å². The number of nitrogens with one attached hydrogen (secondary N) is 2. The maximum absolute atomic E-state index is 11.8. The van der Waals surface area contributed by atoms with E-state index in [4.69, 9.17) is 17.0 Å². The molecule has 17 heavy (non-hydrogen) atoms. The molecule has 0 aromatic carbocycles. The zero-order valence-corrected chi connectivity index (χ0v) is 10.4. The fraction of sp³-hybridized carbons (Fsp3) is 0.500. The van der Waals surface area contributed by atoms with E-state index in [0.29, 0.717) is 22.9 Å². The number of hydrogen-bond donors (Lipinski definition) is 2. The summed E-state index contributed by atoms with van der Waals surface area (Å²) in [4.78, 5) is 14.6. The van der Waals surface area contributed by atoms with Crippen LogP contribution in [0, 0.1) is 4.64 Å². The number of hydrogen-bond acceptors (Lipinski definition) is 3. The fourth-order valence-electron chi connectivity index (χ4n) is 1.91. The highest BCUT2D eigenvalue weighted by Gasteiger charge is 2.15. The molecule has 2 N–H and O–H groups in total. The third-order valence-corrected chi connectivity index (χ3v) is 3.18. The second kappa shape index (κ2) is 5.93. The van der Waals surface area contributed by atoms with Crippen molar-refractivity contribution in [1.82, 2.24) is 10.3 Å². The number of rotatable bonds is 4. The molecule has 4 nitrogen and oxygen atoms in total. The van der Waals surface area contributed by atoms with Crippen LogP contribution >= 0.6 is 12.2 Å². The van der Waals surface area contributed by atoms with Crippen molar-refractivity contribution in [2.24, 2.45) is 0 Å². The van der Waals surface area contributed by atoms with Crippen LogP contribution in [0.15, 0.2) is 18.3 Å². The van der Waals surface area contributed by atoms with Gasteiger partial charge in [-0.1, -0.05) is 12.2 Å². The van der Waals surface area contributed by atoms with Crippen LogP contribution < -0.4 is 5.32 Å². The maximum atomic E-state index is 11.8. The quantitative estimate of drug-likeness (QED) is 0.806. The van der Waals surface area contributed by atoms with Crippen molar-refractivity contribution in [3.63, 3.8) is 0 Å². The van der Waals surface area contributed by atoms with E-state index in [-0.39, 0.29) is 5.91 Å². The average molecular weight is 252 g/mol. The Bertz CT molecular complexity index is 438. The topological polar surface area (TPSA) is 54.1 Å². The van der Waals surface area contributed by atoms with Gasteiger partial charge in [0.15, 0.2) is 0 Å². The molecule has 5 heteroatoms. The van der Waals surface area contributed by atoms with Gasteiger partial charge in [0.25, 0.3) is 5.91 Å². The van der Waals surface area contributed by atoms with Crippen molar-refractivity contribution in [2.75, 3.05) is 13.2 Å². The summed E-state index contributed by atoms with van der Waals surface area (Å²) in [6.45, 7) is 1.48. The highest BCUT2D eigenvalue weighted by molar-refractivity contribution is 7.71. The van der Waals surface area contributed by atoms with E-state index in [1.165, 1.54) is 0 Å². The number of pyridine rings is 1. The zero-order chi connectivity index (χ0) is 12.1. The van der Waals surface area contributed by atoms with Crippen molar-refractivity contribution < 1.29 is 9.53 Å². The molecule has 92 valence electrons. The first-order valence-corrected chi connectivity index (χ1v) is 6.25. The first kappa shape index (κ1) is 12.3. The Balaban J connectivity index is 1.81. The number of amides is 1. The SMILES string of the molecule is O=C(NCC[C@H]1CCCO1)c1ccc[nH]c1=S. The third-order valence-electron chi connectivity index (χ3n) is 2.84. The van der Waals surface area contributed by atoms with E-state index in [9.17, 15) is 4.79 Å². The van der Waals surface area contributed by atoms with Gasteiger partial charge in [0, 0.05) is 19.3 Å². The highest BCUT2D eigenvalue weighted by Crippen LogP contribution is 2.14. The molecule has 1 aromatic heterocycles. The normalized spacial score (nSPS) is 19.2. The zero-order valence-electron chi connectivity index (χ0n) is 9.57. The summed E-state index contributed by atoms with van der Waals surface area (Å²) in [7, 11) is 0. The Morgan fingerprint density at radius 3 is 3.24 bits per heavy atom. The van der Waals surface area contributed by atoms with Gasteiger partial charge in [0.05, 0.1) is 11.7 Å². The molecule has 0 bridgehead atoms. The van der Waals surface area contributed by atoms with E-state index in [2.05, 4.69) is 10.3 Å². The van der Waals surface area contributed by atoms with E-state index in [1.807, 2.05) is 0 Å². The smallest absolute Gasteiger partial charge is 0.254 e. The summed E-state index contributed by atoms with van der Waals surface area (Å²) in [6, 6.07) is 3.49. The molecular formula is C12H16N2O2S. The minimum absolute atomic E-state index is 0.121. The molecule has 1 aromatic rings. The highest BCUT2D eigenvalue weighted by atomic mass is 32.1. The molecule has 1 fully saturated rings. The lowest BCUT2D eigenvalue weighted by Gasteiger charge is -2.09. The predicted molar refractivity (Wildman–Crippen MR) is 67.6 cm³/mol. The molecule has 1 aliphatic heterocycles. The number of carbonyl (C=O) groups excluding carboxylic acids is 1. The molecule has 0 unspecified atom stereocenters. The van der Waals surface area contributed by atoms with Crippen molar-refractivity contribution >= 4 is 18.1 Å². The standard InChI is InChI=1S/C12H16N2O2S/c15-11(10-4-1-6-14-12(10)17)13-7-5-9-3-2-8-16-9/h1,4,6,9H,2-3,5,7-8H2,(H,13,15)(H,14,17)/t9-/m1/s1. The molecule has 1 amide bonds.